The maximum Gasteiger partial charge on any atom is 0.180 e. The average Bonchev–Trinajstić information content (AvgIpc) is 3.09. The molecular formula is C26H33Cl3N4O8PbS-4. The molecule has 0 atom stereocenters. The number of para-hydroxylation sites is 2. The van der Waals surface area contributed by atoms with E-state index in [0.29, 0.717) is 0 Å². The summed E-state index contributed by atoms with van der Waals surface area (Å²) in [5.41, 5.74) is 3.36. The smallest absolute Gasteiger partial charge is 0.180 e. The number of likely N-dealkylation sites (N-methyl/N-ethyl adjacent to an activating group) is 1. The molecule has 4 rings (SSSR count). The normalized spacial score (nSPS) is 12.4. The van der Waals surface area contributed by atoms with Gasteiger partial charge in [-0.2, -0.15) is 0 Å². The van der Waals surface area contributed by atoms with Crippen molar-refractivity contribution in [3.8, 4) is 0 Å². The van der Waals surface area contributed by atoms with Gasteiger partial charge in [0.25, 0.3) is 0 Å². The zero-order chi connectivity index (χ0) is 33.0. The van der Waals surface area contributed by atoms with Crippen molar-refractivity contribution in [2.45, 2.75) is 38.9 Å². The first-order valence-corrected chi connectivity index (χ1v) is 14.1. The fraction of sp³-hybridized carbons (Fsp3) is 0.423. The van der Waals surface area contributed by atoms with Crippen LogP contribution in [0.2, 0.25) is 0 Å². The summed E-state index contributed by atoms with van der Waals surface area (Å²) in [5.74, 6) is -3.22. The van der Waals surface area contributed by atoms with E-state index in [0.717, 1.165) is 71.1 Å². The number of carbonyl (C=O) groups excluding carboxylic acids is 4. The summed E-state index contributed by atoms with van der Waals surface area (Å²) in [6, 6.07) is 10.6. The SMILES string of the molecule is CC(=O)[O-].CC(=O)[O-].CC(=O)[O-].CC(=O)[O-].Cc1cc2c(s1)Nc1ccccc1N=C2N1CCN(C)CC1.ClC(Cl)Cl.[Pb]. The quantitative estimate of drug-likeness (QED) is 0.279. The molecule has 1 N–H and O–H groups in total. The maximum absolute atomic E-state index is 8.89. The van der Waals surface area contributed by atoms with Crippen LogP contribution in [-0.4, -0.2) is 104 Å². The van der Waals surface area contributed by atoms with Crippen molar-refractivity contribution in [3.63, 3.8) is 0 Å². The number of carboxylic acid groups (broad SMARTS) is 4. The summed E-state index contributed by atoms with van der Waals surface area (Å²) in [5, 5.41) is 40.3. The van der Waals surface area contributed by atoms with Gasteiger partial charge in [0.1, 0.15) is 10.8 Å². The molecule has 240 valence electrons. The molecule has 12 nitrogen and oxygen atoms in total. The minimum atomic E-state index is -1.08. The zero-order valence-electron chi connectivity index (χ0n) is 24.4. The van der Waals surface area contributed by atoms with Gasteiger partial charge in [0, 0.05) is 82.2 Å². The van der Waals surface area contributed by atoms with E-state index in [1.165, 1.54) is 15.4 Å². The Kier molecular flexibility index (Phi) is 26.5. The van der Waals surface area contributed by atoms with E-state index >= 15 is 0 Å². The molecule has 1 fully saturated rings. The van der Waals surface area contributed by atoms with Crippen LogP contribution in [0.15, 0.2) is 35.3 Å². The van der Waals surface area contributed by atoms with Gasteiger partial charge in [-0.1, -0.05) is 46.9 Å². The van der Waals surface area contributed by atoms with Crippen LogP contribution >= 0.6 is 46.1 Å². The summed E-state index contributed by atoms with van der Waals surface area (Å²) in [4.78, 5) is 46.7. The van der Waals surface area contributed by atoms with Gasteiger partial charge in [-0.05, 0) is 59.9 Å². The first kappa shape index (κ1) is 45.3. The van der Waals surface area contributed by atoms with Gasteiger partial charge in [0.2, 0.25) is 0 Å². The number of piperazine rings is 1. The van der Waals surface area contributed by atoms with Gasteiger partial charge in [0.15, 0.2) is 4.30 Å². The van der Waals surface area contributed by atoms with Crippen LogP contribution in [-0.2, 0) is 19.2 Å². The Labute approximate surface area is 290 Å². The minimum absolute atomic E-state index is 0. The molecule has 43 heavy (non-hydrogen) atoms. The number of rotatable bonds is 0. The average molecular weight is 875 g/mol. The fourth-order valence-electron chi connectivity index (χ4n) is 3.01. The molecule has 0 saturated carbocycles. The van der Waals surface area contributed by atoms with Gasteiger partial charge in [-0.25, -0.2) is 4.99 Å². The van der Waals surface area contributed by atoms with E-state index in [9.17, 15) is 0 Å². The van der Waals surface area contributed by atoms with E-state index in [1.807, 2.05) is 0 Å². The van der Waals surface area contributed by atoms with Crippen molar-refractivity contribution in [2.24, 2.45) is 4.99 Å². The van der Waals surface area contributed by atoms with Crippen LogP contribution in [0.4, 0.5) is 16.4 Å². The molecule has 17 heteroatoms. The number of hydrogen-bond donors (Lipinski definition) is 1. The zero-order valence-corrected chi connectivity index (χ0v) is 31.4. The Morgan fingerprint density at radius 1 is 0.860 bits per heavy atom. The van der Waals surface area contributed by atoms with Crippen molar-refractivity contribution in [2.75, 3.05) is 38.5 Å². The minimum Gasteiger partial charge on any atom is -0.550 e. The summed E-state index contributed by atoms with van der Waals surface area (Å²) >= 11 is 16.2. The molecule has 0 bridgehead atoms. The number of halogens is 3. The summed E-state index contributed by atoms with van der Waals surface area (Å²) in [7, 11) is 2.18. The Bertz CT molecular complexity index is 1110. The second kappa shape index (κ2) is 25.2. The first-order valence-electron chi connectivity index (χ1n) is 12.0. The number of nitrogens with zero attached hydrogens (tertiary/aromatic N) is 3. The Hall–Kier alpha value is -2.18. The number of carbonyl (C=O) groups is 4. The largest absolute Gasteiger partial charge is 0.550 e. The predicted molar refractivity (Wildman–Crippen MR) is 164 cm³/mol. The number of hydrogen-bond acceptors (Lipinski definition) is 13. The second-order valence-electron chi connectivity index (χ2n) is 8.18. The van der Waals surface area contributed by atoms with Crippen LogP contribution in [0.25, 0.3) is 0 Å². The van der Waals surface area contributed by atoms with Gasteiger partial charge < -0.3 is 54.7 Å². The number of fused-ring (bicyclic) bond motifs is 2. The number of aryl methyl sites for hydroxylation is 1. The fourth-order valence-corrected chi connectivity index (χ4v) is 3.93. The molecule has 2 aliphatic rings. The molecule has 0 amide bonds. The first-order chi connectivity index (χ1) is 19.4. The standard InChI is InChI=1S/C17H20N4S.4C2H4O2.CHCl3.Pb/c1-12-11-13-16(21-9-7-20(2)8-10-21)18-14-5-3-4-6-15(14)19-17(13)22-12;4*1-2(3)4;2-1(3)4;/h3-6,11,19H,7-10H2,1-2H3;4*1H3,(H,3,4);1H;/p-4. The van der Waals surface area contributed by atoms with E-state index in [4.69, 9.17) is 79.4 Å². The molecule has 3 heterocycles. The van der Waals surface area contributed by atoms with Crippen LogP contribution < -0.4 is 25.7 Å². The molecule has 1 aromatic carbocycles. The molecule has 2 aliphatic heterocycles. The Balaban J connectivity index is -0.000000630. The van der Waals surface area contributed by atoms with Crippen molar-refractivity contribution in [3.05, 3.63) is 40.8 Å². The number of carboxylic acids is 4. The van der Waals surface area contributed by atoms with Crippen LogP contribution in [0, 0.1) is 6.92 Å². The number of aliphatic imine (C=N–C) groups is 1. The van der Waals surface area contributed by atoms with Crippen LogP contribution in [0.3, 0.4) is 0 Å². The van der Waals surface area contributed by atoms with Crippen molar-refractivity contribution < 1.29 is 39.6 Å². The van der Waals surface area contributed by atoms with Gasteiger partial charge >= 0.3 is 0 Å². The topological polar surface area (TPSA) is 191 Å². The molecule has 4 radical (unpaired) electrons. The van der Waals surface area contributed by atoms with E-state index in [2.05, 4.69) is 59.4 Å². The van der Waals surface area contributed by atoms with Crippen LogP contribution in [0.5, 0.6) is 0 Å². The molecule has 1 aromatic heterocycles. The Morgan fingerprint density at radius 2 is 1.26 bits per heavy atom. The third-order valence-electron chi connectivity index (χ3n) is 4.28. The van der Waals surface area contributed by atoms with Gasteiger partial charge in [-0.3, -0.25) is 0 Å². The summed E-state index contributed by atoms with van der Waals surface area (Å²) < 4.78 is -0.750. The molecular weight excluding hydrogens is 842 g/mol. The number of alkyl halides is 3. The van der Waals surface area contributed by atoms with E-state index < -0.39 is 28.2 Å². The molecule has 0 aliphatic carbocycles. The maximum atomic E-state index is 8.89. The third kappa shape index (κ3) is 26.0. The Morgan fingerprint density at radius 3 is 1.67 bits per heavy atom. The number of amidine groups is 1. The number of anilines is 2. The van der Waals surface area contributed by atoms with E-state index in [-0.39, 0.29) is 27.3 Å². The molecule has 2 aromatic rings. The molecule has 0 spiro atoms. The predicted octanol–water partition coefficient (Wildman–Crippen LogP) is 0.0696. The number of thiophene rings is 1. The van der Waals surface area contributed by atoms with Crippen molar-refractivity contribution in [1.82, 2.24) is 9.80 Å². The van der Waals surface area contributed by atoms with Crippen LogP contribution in [0.1, 0.15) is 38.1 Å². The second-order valence-corrected chi connectivity index (χ2v) is 11.4. The van der Waals surface area contributed by atoms with Gasteiger partial charge in [0.05, 0.1) is 16.9 Å². The molecule has 1 saturated heterocycles. The third-order valence-corrected chi connectivity index (χ3v) is 5.24. The number of benzene rings is 1. The number of aliphatic carboxylic acids is 4. The van der Waals surface area contributed by atoms with E-state index in [1.54, 1.807) is 11.3 Å². The summed E-state index contributed by atoms with van der Waals surface area (Å²) in [6.07, 6.45) is 0. The monoisotopic (exact) mass is 874 g/mol. The van der Waals surface area contributed by atoms with Crippen molar-refractivity contribution >= 4 is 120 Å². The summed E-state index contributed by atoms with van der Waals surface area (Å²) in [6.45, 7) is 10.3. The van der Waals surface area contributed by atoms with Gasteiger partial charge in [-0.15, -0.1) is 11.3 Å². The van der Waals surface area contributed by atoms with Crippen molar-refractivity contribution in [1.29, 1.82) is 0 Å². The molecule has 0 unspecified atom stereocenters. The number of nitrogens with one attached hydrogen (secondary N) is 1.